The third-order valence-electron chi connectivity index (χ3n) is 4.63. The zero-order valence-corrected chi connectivity index (χ0v) is 15.9. The molecule has 3 aromatic heterocycles. The number of benzene rings is 1. The van der Waals surface area contributed by atoms with Crippen molar-refractivity contribution in [2.75, 3.05) is 7.11 Å². The van der Waals surface area contributed by atoms with E-state index in [1.165, 1.54) is 42.4 Å². The third kappa shape index (κ3) is 3.56. The molecule has 0 saturated heterocycles. The lowest BCUT2D eigenvalue weighted by Crippen LogP contribution is -2.17. The number of rotatable bonds is 4. The van der Waals surface area contributed by atoms with Gasteiger partial charge in [0.25, 0.3) is 0 Å². The first-order valence-electron chi connectivity index (χ1n) is 8.81. The lowest BCUT2D eigenvalue weighted by atomic mass is 10.1. The molecule has 0 saturated carbocycles. The molecule has 0 fully saturated rings. The Morgan fingerprint density at radius 1 is 1.17 bits per heavy atom. The number of aromatic nitrogens is 4. The van der Waals surface area contributed by atoms with Crippen molar-refractivity contribution < 1.29 is 27.4 Å². The minimum absolute atomic E-state index is 0.0737. The Labute approximate surface area is 168 Å². The summed E-state index contributed by atoms with van der Waals surface area (Å²) in [4.78, 5) is 4.52. The number of alkyl halides is 3. The second kappa shape index (κ2) is 7.05. The maximum Gasteiger partial charge on any atom is 0.408 e. The predicted octanol–water partition coefficient (Wildman–Crippen LogP) is 4.61. The Kier molecular flexibility index (Phi) is 4.64. The topological polar surface area (TPSA) is 65.1 Å². The van der Waals surface area contributed by atoms with Crippen LogP contribution in [0, 0.1) is 12.7 Å². The highest BCUT2D eigenvalue weighted by Gasteiger charge is 2.28. The molecule has 1 N–H and O–H groups in total. The number of pyridine rings is 1. The van der Waals surface area contributed by atoms with Gasteiger partial charge in [0, 0.05) is 18.0 Å². The number of methoxy groups -OCH3 is 1. The first kappa shape index (κ1) is 19.7. The van der Waals surface area contributed by atoms with Gasteiger partial charge in [-0.05, 0) is 36.8 Å². The molecule has 10 heteroatoms. The van der Waals surface area contributed by atoms with Crippen molar-refractivity contribution in [1.82, 2.24) is 19.3 Å². The fraction of sp³-hybridized carbons (Fsp3) is 0.200. The maximum atomic E-state index is 13.7. The molecule has 156 valence electrons. The highest BCUT2D eigenvalue weighted by atomic mass is 19.4. The fourth-order valence-electron chi connectivity index (χ4n) is 3.30. The van der Waals surface area contributed by atoms with Crippen LogP contribution < -0.4 is 4.74 Å². The van der Waals surface area contributed by atoms with Crippen molar-refractivity contribution in [2.45, 2.75) is 19.6 Å². The highest BCUT2D eigenvalue weighted by molar-refractivity contribution is 5.90. The van der Waals surface area contributed by atoms with E-state index in [1.54, 1.807) is 19.1 Å². The number of nitrogens with zero attached hydrogens (tertiary/aromatic N) is 4. The summed E-state index contributed by atoms with van der Waals surface area (Å²) in [5.41, 5.74) is 2.53. The standard InChI is InChI=1S/C20H16F4N4O2/c1-11-5-15(12-3-4-14(21)17(6-12)30-2)26-16-9-28(19(29)18(11)16)13-7-25-27(8-13)10-20(22,23)24/h3-9,29H,10H2,1-2H3. The summed E-state index contributed by atoms with van der Waals surface area (Å²) in [6.07, 6.45) is -0.481. The van der Waals surface area contributed by atoms with Crippen molar-refractivity contribution in [1.29, 1.82) is 0 Å². The highest BCUT2D eigenvalue weighted by Crippen LogP contribution is 2.35. The van der Waals surface area contributed by atoms with E-state index >= 15 is 0 Å². The average molecular weight is 420 g/mol. The van der Waals surface area contributed by atoms with E-state index < -0.39 is 18.5 Å². The van der Waals surface area contributed by atoms with Gasteiger partial charge in [-0.3, -0.25) is 9.25 Å². The fourth-order valence-corrected chi connectivity index (χ4v) is 3.30. The van der Waals surface area contributed by atoms with Gasteiger partial charge < -0.3 is 9.84 Å². The van der Waals surface area contributed by atoms with Gasteiger partial charge in [-0.15, -0.1) is 0 Å². The van der Waals surface area contributed by atoms with Crippen LogP contribution in [0.1, 0.15) is 5.56 Å². The first-order valence-corrected chi connectivity index (χ1v) is 8.81. The van der Waals surface area contributed by atoms with E-state index in [4.69, 9.17) is 4.74 Å². The summed E-state index contributed by atoms with van der Waals surface area (Å²) in [7, 11) is 1.36. The molecule has 0 atom stereocenters. The molecule has 4 aromatic rings. The van der Waals surface area contributed by atoms with Crippen molar-refractivity contribution >= 4 is 10.9 Å². The minimum atomic E-state index is -4.41. The Morgan fingerprint density at radius 2 is 1.93 bits per heavy atom. The minimum Gasteiger partial charge on any atom is -0.494 e. The van der Waals surface area contributed by atoms with Crippen molar-refractivity contribution in [3.8, 4) is 28.6 Å². The normalized spacial score (nSPS) is 11.9. The molecule has 0 unspecified atom stereocenters. The number of hydrogen-bond donors (Lipinski definition) is 1. The third-order valence-corrected chi connectivity index (χ3v) is 4.63. The Bertz CT molecular complexity index is 1240. The Morgan fingerprint density at radius 3 is 2.63 bits per heavy atom. The van der Waals surface area contributed by atoms with Gasteiger partial charge in [0.1, 0.15) is 6.54 Å². The quantitative estimate of drug-likeness (QED) is 0.490. The van der Waals surface area contributed by atoms with Gasteiger partial charge in [0.05, 0.1) is 35.6 Å². The van der Waals surface area contributed by atoms with Gasteiger partial charge in [0.15, 0.2) is 11.6 Å². The molecule has 30 heavy (non-hydrogen) atoms. The van der Waals surface area contributed by atoms with Crippen molar-refractivity contribution in [2.24, 2.45) is 0 Å². The molecule has 4 rings (SSSR count). The summed E-state index contributed by atoms with van der Waals surface area (Å²) in [5, 5.41) is 14.8. The number of ether oxygens (including phenoxy) is 1. The molecule has 1 aromatic carbocycles. The molecular formula is C20H16F4N4O2. The number of halogens is 4. The maximum absolute atomic E-state index is 13.7. The molecule has 3 heterocycles. The van der Waals surface area contributed by atoms with Gasteiger partial charge >= 0.3 is 6.18 Å². The zero-order valence-electron chi connectivity index (χ0n) is 15.9. The molecule has 0 bridgehead atoms. The van der Waals surface area contributed by atoms with E-state index in [0.717, 1.165) is 4.68 Å². The van der Waals surface area contributed by atoms with E-state index in [9.17, 15) is 22.7 Å². The van der Waals surface area contributed by atoms with Crippen LogP contribution in [-0.2, 0) is 6.54 Å². The average Bonchev–Trinajstić information content (AvgIpc) is 3.25. The number of aromatic hydroxyl groups is 1. The summed E-state index contributed by atoms with van der Waals surface area (Å²) in [6, 6.07) is 6.07. The molecule has 6 nitrogen and oxygen atoms in total. The van der Waals surface area contributed by atoms with Crippen LogP contribution in [-0.4, -0.2) is 37.7 Å². The molecule has 0 spiro atoms. The van der Waals surface area contributed by atoms with Crippen LogP contribution in [0.5, 0.6) is 11.6 Å². The van der Waals surface area contributed by atoms with E-state index in [0.29, 0.717) is 27.7 Å². The largest absolute Gasteiger partial charge is 0.494 e. The summed E-state index contributed by atoms with van der Waals surface area (Å²) < 4.78 is 58.5. The predicted molar refractivity (Wildman–Crippen MR) is 101 cm³/mol. The molecule has 0 aliphatic rings. The van der Waals surface area contributed by atoms with Crippen molar-refractivity contribution in [3.63, 3.8) is 0 Å². The van der Waals surface area contributed by atoms with Crippen LogP contribution in [0.15, 0.2) is 42.9 Å². The monoisotopic (exact) mass is 420 g/mol. The van der Waals surface area contributed by atoms with E-state index in [2.05, 4.69) is 10.1 Å². The Balaban J connectivity index is 1.78. The molecule has 0 amide bonds. The van der Waals surface area contributed by atoms with Gasteiger partial charge in [-0.2, -0.15) is 18.3 Å². The number of hydrogen-bond acceptors (Lipinski definition) is 4. The first-order chi connectivity index (χ1) is 14.2. The van der Waals surface area contributed by atoms with Crippen molar-refractivity contribution in [3.05, 3.63) is 54.2 Å². The van der Waals surface area contributed by atoms with E-state index in [-0.39, 0.29) is 17.3 Å². The van der Waals surface area contributed by atoms with Gasteiger partial charge in [0.2, 0.25) is 5.88 Å². The Hall–Kier alpha value is -3.56. The molecule has 0 aliphatic heterocycles. The zero-order chi connectivity index (χ0) is 21.6. The van der Waals surface area contributed by atoms with Crippen LogP contribution in [0.2, 0.25) is 0 Å². The second-order valence-electron chi connectivity index (χ2n) is 6.77. The summed E-state index contributed by atoms with van der Waals surface area (Å²) >= 11 is 0. The van der Waals surface area contributed by atoms with Gasteiger partial charge in [-0.1, -0.05) is 0 Å². The van der Waals surface area contributed by atoms with Crippen LogP contribution >= 0.6 is 0 Å². The molecule has 0 radical (unpaired) electrons. The van der Waals surface area contributed by atoms with E-state index in [1.807, 2.05) is 0 Å². The second-order valence-corrected chi connectivity index (χ2v) is 6.77. The summed E-state index contributed by atoms with van der Waals surface area (Å²) in [5.74, 6) is -0.590. The SMILES string of the molecule is COc1cc(-c2cc(C)c3c(O)n(-c4cnn(CC(F)(F)F)c4)cc3n2)ccc1F. The lowest BCUT2D eigenvalue weighted by Gasteiger charge is -2.07. The number of fused-ring (bicyclic) bond motifs is 1. The van der Waals surface area contributed by atoms with Crippen LogP contribution in [0.3, 0.4) is 0 Å². The van der Waals surface area contributed by atoms with Crippen LogP contribution in [0.25, 0.3) is 27.8 Å². The number of aryl methyl sites for hydroxylation is 1. The van der Waals surface area contributed by atoms with Crippen LogP contribution in [0.4, 0.5) is 17.6 Å². The molecule has 0 aliphatic carbocycles. The smallest absolute Gasteiger partial charge is 0.408 e. The van der Waals surface area contributed by atoms with Gasteiger partial charge in [-0.25, -0.2) is 9.37 Å². The molecular weight excluding hydrogens is 404 g/mol. The lowest BCUT2D eigenvalue weighted by molar-refractivity contribution is -0.142. The summed E-state index contributed by atoms with van der Waals surface area (Å²) in [6.45, 7) is 0.535.